The highest BCUT2D eigenvalue weighted by Gasteiger charge is 2.67. The minimum Gasteiger partial charge on any atom is -0.486 e. The number of amides is 1. The number of hydrogen-bond donors (Lipinski definition) is 2. The van der Waals surface area contributed by atoms with E-state index in [0.717, 1.165) is 0 Å². The summed E-state index contributed by atoms with van der Waals surface area (Å²) < 4.78 is 19.2. The molecule has 0 aromatic heterocycles. The van der Waals surface area contributed by atoms with Gasteiger partial charge >= 0.3 is 0 Å². The monoisotopic (exact) mass is 515 g/mol. The molecule has 0 aliphatic carbocycles. The zero-order chi connectivity index (χ0) is 24.9. The van der Waals surface area contributed by atoms with Crippen molar-refractivity contribution in [3.63, 3.8) is 0 Å². The molecule has 35 heavy (non-hydrogen) atoms. The minimum atomic E-state index is -1.53. The summed E-state index contributed by atoms with van der Waals surface area (Å²) >= 11 is 13.0. The molecule has 0 unspecified atom stereocenters. The Hall–Kier alpha value is -3.20. The summed E-state index contributed by atoms with van der Waals surface area (Å²) in [5.74, 6) is -1.38. The van der Waals surface area contributed by atoms with Crippen LogP contribution in [0.25, 0.3) is 0 Å². The lowest BCUT2D eigenvalue weighted by atomic mass is 9.78. The van der Waals surface area contributed by atoms with Crippen LogP contribution in [0, 0.1) is 15.9 Å². The van der Waals surface area contributed by atoms with Gasteiger partial charge in [-0.2, -0.15) is 0 Å². The van der Waals surface area contributed by atoms with Crippen molar-refractivity contribution in [2.75, 3.05) is 5.32 Å². The summed E-state index contributed by atoms with van der Waals surface area (Å²) in [7, 11) is 0. The van der Waals surface area contributed by atoms with Crippen LogP contribution in [0.3, 0.4) is 0 Å². The Morgan fingerprint density at radius 2 is 1.83 bits per heavy atom. The molecule has 0 bridgehead atoms. The third-order valence-corrected chi connectivity index (χ3v) is 7.20. The number of carbonyl (C=O) groups excluding carboxylic acids is 1. The number of para-hydroxylation sites is 1. The Morgan fingerprint density at radius 3 is 2.51 bits per heavy atom. The predicted molar refractivity (Wildman–Crippen MR) is 130 cm³/mol. The first-order valence-corrected chi connectivity index (χ1v) is 11.7. The summed E-state index contributed by atoms with van der Waals surface area (Å²) in [5, 5.41) is 18.7. The molecule has 1 amide bonds. The molecule has 3 aromatic rings. The molecule has 2 heterocycles. The molecule has 2 N–H and O–H groups in total. The van der Waals surface area contributed by atoms with Crippen LogP contribution in [0.1, 0.15) is 29.5 Å². The van der Waals surface area contributed by atoms with E-state index in [1.807, 2.05) is 0 Å². The molecule has 1 spiro atoms. The maximum atomic E-state index is 13.5. The van der Waals surface area contributed by atoms with Gasteiger partial charge < -0.3 is 10.1 Å². The van der Waals surface area contributed by atoms with E-state index in [1.54, 1.807) is 55.5 Å². The Labute approximate surface area is 210 Å². The zero-order valence-electron chi connectivity index (χ0n) is 18.4. The first-order chi connectivity index (χ1) is 16.7. The highest BCUT2D eigenvalue weighted by atomic mass is 35.5. The van der Waals surface area contributed by atoms with Gasteiger partial charge in [0.25, 0.3) is 11.9 Å². The third-order valence-electron chi connectivity index (χ3n) is 6.64. The highest BCUT2D eigenvalue weighted by Crippen LogP contribution is 2.50. The number of hydrogen-bond acceptors (Lipinski definition) is 5. The van der Waals surface area contributed by atoms with Crippen LogP contribution < -0.4 is 15.4 Å². The fourth-order valence-corrected chi connectivity index (χ4v) is 5.86. The van der Waals surface area contributed by atoms with Crippen molar-refractivity contribution in [1.82, 2.24) is 5.32 Å². The second kappa shape index (κ2) is 8.78. The van der Waals surface area contributed by atoms with Gasteiger partial charge in [-0.25, -0.2) is 4.39 Å². The number of halogens is 3. The normalized spacial score (nSPS) is 24.9. The fourth-order valence-electron chi connectivity index (χ4n) is 5.25. The standard InChI is InChI=1S/C25H20Cl2FN3O4/c1-13-21(23(31(33)34)25(30-13)17-7-2-3-8-20(17)29-24(25)32)15-10-18(26)22(19(27)11-15)35-12-14-5-4-6-16(28)9-14/h2-11,13,21,23,30H,12H2,1H3,(H,29,32)/t13-,21-,23+,25-/m0/s1. The van der Waals surface area contributed by atoms with Gasteiger partial charge in [-0.15, -0.1) is 0 Å². The van der Waals surface area contributed by atoms with E-state index in [2.05, 4.69) is 10.6 Å². The average molecular weight is 516 g/mol. The van der Waals surface area contributed by atoms with Gasteiger partial charge in [0.2, 0.25) is 0 Å². The Kier molecular flexibility index (Phi) is 5.91. The van der Waals surface area contributed by atoms with Crippen LogP contribution in [0.2, 0.25) is 10.0 Å². The molecule has 4 atom stereocenters. The average Bonchev–Trinajstić information content (AvgIpc) is 3.27. The summed E-state index contributed by atoms with van der Waals surface area (Å²) in [5.41, 5.74) is 0.649. The van der Waals surface area contributed by atoms with Crippen LogP contribution in [-0.2, 0) is 16.9 Å². The molecule has 10 heteroatoms. The predicted octanol–water partition coefficient (Wildman–Crippen LogP) is 5.28. The van der Waals surface area contributed by atoms with Crippen molar-refractivity contribution in [2.45, 2.75) is 37.1 Å². The van der Waals surface area contributed by atoms with Gasteiger partial charge in [-0.05, 0) is 48.4 Å². The summed E-state index contributed by atoms with van der Waals surface area (Å²) in [6.45, 7) is 1.83. The van der Waals surface area contributed by atoms with E-state index in [4.69, 9.17) is 27.9 Å². The van der Waals surface area contributed by atoms with Crippen molar-refractivity contribution in [3.05, 3.63) is 103 Å². The SMILES string of the molecule is C[C@@H]1N[C@]2(C(=O)Nc3ccccc32)[C@H]([N+](=O)[O-])[C@@H]1c1cc(Cl)c(OCc2cccc(F)c2)c(Cl)c1. The number of anilines is 1. The quantitative estimate of drug-likeness (QED) is 0.356. The first kappa shape index (κ1) is 23.5. The number of rotatable bonds is 5. The number of ether oxygens (including phenoxy) is 1. The number of fused-ring (bicyclic) bond motifs is 2. The molecule has 180 valence electrons. The Bertz CT molecular complexity index is 1330. The van der Waals surface area contributed by atoms with Crippen LogP contribution in [0.4, 0.5) is 10.1 Å². The van der Waals surface area contributed by atoms with E-state index in [9.17, 15) is 19.3 Å². The van der Waals surface area contributed by atoms with E-state index in [1.165, 1.54) is 12.1 Å². The van der Waals surface area contributed by atoms with Crippen LogP contribution in [0.5, 0.6) is 5.75 Å². The minimum absolute atomic E-state index is 0.0372. The van der Waals surface area contributed by atoms with E-state index < -0.39 is 40.2 Å². The van der Waals surface area contributed by atoms with Gasteiger partial charge in [-0.3, -0.25) is 20.2 Å². The molecule has 0 radical (unpaired) electrons. The lowest BCUT2D eigenvalue weighted by Crippen LogP contribution is -2.54. The van der Waals surface area contributed by atoms with Crippen LogP contribution in [0.15, 0.2) is 60.7 Å². The number of nitro groups is 1. The van der Waals surface area contributed by atoms with Crippen LogP contribution >= 0.6 is 23.2 Å². The van der Waals surface area contributed by atoms with Crippen LogP contribution in [-0.4, -0.2) is 22.9 Å². The second-order valence-electron chi connectivity index (χ2n) is 8.73. The Balaban J connectivity index is 1.51. The van der Waals surface area contributed by atoms with Gasteiger partial charge in [0.05, 0.1) is 16.0 Å². The topological polar surface area (TPSA) is 93.5 Å². The van der Waals surface area contributed by atoms with Gasteiger partial charge in [0.15, 0.2) is 11.3 Å². The van der Waals surface area contributed by atoms with E-state index >= 15 is 0 Å². The van der Waals surface area contributed by atoms with Crippen molar-refractivity contribution in [2.24, 2.45) is 0 Å². The smallest absolute Gasteiger partial charge is 0.256 e. The zero-order valence-corrected chi connectivity index (χ0v) is 19.9. The third kappa shape index (κ3) is 3.82. The fraction of sp³-hybridized carbons (Fsp3) is 0.240. The van der Waals surface area contributed by atoms with Gasteiger partial charge in [0.1, 0.15) is 12.4 Å². The molecule has 2 aliphatic heterocycles. The molecule has 3 aromatic carbocycles. The second-order valence-corrected chi connectivity index (χ2v) is 9.54. The molecule has 0 saturated carbocycles. The highest BCUT2D eigenvalue weighted by molar-refractivity contribution is 6.37. The number of carbonyl (C=O) groups is 1. The molecule has 2 aliphatic rings. The number of nitrogens with zero attached hydrogens (tertiary/aromatic N) is 1. The maximum absolute atomic E-state index is 13.5. The van der Waals surface area contributed by atoms with Crippen molar-refractivity contribution in [3.8, 4) is 5.75 Å². The lowest BCUT2D eigenvalue weighted by Gasteiger charge is -2.25. The lowest BCUT2D eigenvalue weighted by molar-refractivity contribution is -0.532. The number of benzene rings is 3. The molecule has 5 rings (SSSR count). The Morgan fingerprint density at radius 1 is 1.11 bits per heavy atom. The van der Waals surface area contributed by atoms with Crippen molar-refractivity contribution >= 4 is 34.8 Å². The molecule has 1 fully saturated rings. The first-order valence-electron chi connectivity index (χ1n) is 10.9. The van der Waals surface area contributed by atoms with Gasteiger partial charge in [-0.1, -0.05) is 53.5 Å². The molecular formula is C25H20Cl2FN3O4. The summed E-state index contributed by atoms with van der Waals surface area (Å²) in [4.78, 5) is 25.2. The maximum Gasteiger partial charge on any atom is 0.256 e. The molecule has 1 saturated heterocycles. The largest absolute Gasteiger partial charge is 0.486 e. The summed E-state index contributed by atoms with van der Waals surface area (Å²) in [6, 6.07) is 14.3. The van der Waals surface area contributed by atoms with Crippen molar-refractivity contribution in [1.29, 1.82) is 0 Å². The molecular weight excluding hydrogens is 496 g/mol. The van der Waals surface area contributed by atoms with Gasteiger partial charge in [0, 0.05) is 22.2 Å². The van der Waals surface area contributed by atoms with E-state index in [-0.39, 0.29) is 22.4 Å². The van der Waals surface area contributed by atoms with E-state index in [0.29, 0.717) is 22.4 Å². The number of nitrogens with one attached hydrogen (secondary N) is 2. The molecule has 7 nitrogen and oxygen atoms in total. The van der Waals surface area contributed by atoms with Crippen molar-refractivity contribution < 1.29 is 18.8 Å². The summed E-state index contributed by atoms with van der Waals surface area (Å²) in [6.07, 6.45) is 0.